The van der Waals surface area contributed by atoms with E-state index in [0.717, 1.165) is 11.9 Å². The van der Waals surface area contributed by atoms with Crippen LogP contribution < -0.4 is 9.21 Å². The fourth-order valence-corrected chi connectivity index (χ4v) is 5.22. The van der Waals surface area contributed by atoms with Crippen LogP contribution in [0.4, 0.5) is 11.4 Å². The van der Waals surface area contributed by atoms with Crippen LogP contribution in [0.15, 0.2) is 48.5 Å². The van der Waals surface area contributed by atoms with Gasteiger partial charge < -0.3 is 9.80 Å². The molecule has 2 aromatic carbocycles. The average molecular weight is 470 g/mol. The van der Waals surface area contributed by atoms with Crippen molar-refractivity contribution in [2.45, 2.75) is 19.4 Å². The van der Waals surface area contributed by atoms with Gasteiger partial charge in [0.1, 0.15) is 6.04 Å². The number of nitrogens with zero attached hydrogens (tertiary/aromatic N) is 3. The first-order valence-corrected chi connectivity index (χ1v) is 12.4. The zero-order chi connectivity index (χ0) is 21.9. The lowest BCUT2D eigenvalue weighted by Crippen LogP contribution is -2.56. The first kappa shape index (κ1) is 22.7. The fraction of sp³-hybridized carbons (Fsp3) is 0.381. The summed E-state index contributed by atoms with van der Waals surface area (Å²) < 4.78 is 26.4. The number of benzene rings is 2. The van der Waals surface area contributed by atoms with E-state index < -0.39 is 16.1 Å². The lowest BCUT2D eigenvalue weighted by Gasteiger charge is -2.39. The summed E-state index contributed by atoms with van der Waals surface area (Å²) in [5, 5.41) is 1.17. The first-order chi connectivity index (χ1) is 14.2. The molecule has 1 amide bonds. The molecule has 1 aliphatic heterocycles. The van der Waals surface area contributed by atoms with E-state index in [-0.39, 0.29) is 5.91 Å². The molecule has 0 N–H and O–H groups in total. The average Bonchev–Trinajstić information content (AvgIpc) is 2.71. The smallest absolute Gasteiger partial charge is 0.246 e. The van der Waals surface area contributed by atoms with Crippen LogP contribution in [-0.4, -0.2) is 57.7 Å². The second-order valence-corrected chi connectivity index (χ2v) is 9.98. The zero-order valence-electron chi connectivity index (χ0n) is 17.0. The van der Waals surface area contributed by atoms with Crippen molar-refractivity contribution in [1.29, 1.82) is 0 Å². The Labute approximate surface area is 188 Å². The molecule has 1 saturated heterocycles. The lowest BCUT2D eigenvalue weighted by atomic mass is 10.1. The van der Waals surface area contributed by atoms with Crippen LogP contribution in [0, 0.1) is 0 Å². The van der Waals surface area contributed by atoms with Crippen molar-refractivity contribution >= 4 is 50.5 Å². The number of carbonyl (C=O) groups excluding carboxylic acids is 1. The predicted molar refractivity (Wildman–Crippen MR) is 123 cm³/mol. The Balaban J connectivity index is 1.77. The Kier molecular flexibility index (Phi) is 7.16. The second-order valence-electron chi connectivity index (χ2n) is 7.25. The summed E-state index contributed by atoms with van der Waals surface area (Å²) in [6.07, 6.45) is 1.48. The van der Waals surface area contributed by atoms with Gasteiger partial charge in [0.05, 0.1) is 11.9 Å². The van der Waals surface area contributed by atoms with Gasteiger partial charge in [-0.1, -0.05) is 36.2 Å². The monoisotopic (exact) mass is 469 g/mol. The third-order valence-electron chi connectivity index (χ3n) is 5.16. The quantitative estimate of drug-likeness (QED) is 0.643. The third kappa shape index (κ3) is 5.20. The third-order valence-corrected chi connectivity index (χ3v) is 6.82. The van der Waals surface area contributed by atoms with Gasteiger partial charge in [-0.25, -0.2) is 8.42 Å². The minimum Gasteiger partial charge on any atom is -0.368 e. The summed E-state index contributed by atoms with van der Waals surface area (Å²) in [7, 11) is -3.67. The van der Waals surface area contributed by atoms with Crippen LogP contribution in [0.2, 0.25) is 10.0 Å². The summed E-state index contributed by atoms with van der Waals surface area (Å²) in [5.74, 6) is -0.191. The highest BCUT2D eigenvalue weighted by molar-refractivity contribution is 7.92. The minimum absolute atomic E-state index is 0.191. The minimum atomic E-state index is -3.67. The maximum atomic E-state index is 13.3. The standard InChI is InChI=1S/C21H25Cl2N3O3S/c1-3-20(26(30(2,28)29)18-9-7-16(22)8-10-18)21(27)25-13-11-24(12-14-25)19-6-4-5-17(23)15-19/h4-10,15,20H,3,11-14H2,1-2H3/t20-/m1/s1. The maximum absolute atomic E-state index is 13.3. The molecule has 0 spiro atoms. The number of halogens is 2. The van der Waals surface area contributed by atoms with E-state index in [4.69, 9.17) is 23.2 Å². The van der Waals surface area contributed by atoms with Crippen LogP contribution in [0.5, 0.6) is 0 Å². The molecule has 0 bridgehead atoms. The van der Waals surface area contributed by atoms with Gasteiger partial charge in [-0.2, -0.15) is 0 Å². The van der Waals surface area contributed by atoms with Crippen LogP contribution in [0.25, 0.3) is 0 Å². The number of hydrogen-bond donors (Lipinski definition) is 0. The van der Waals surface area contributed by atoms with Crippen molar-refractivity contribution in [2.24, 2.45) is 0 Å². The second kappa shape index (κ2) is 9.45. The number of piperazine rings is 1. The Hall–Kier alpha value is -1.96. The molecule has 0 radical (unpaired) electrons. The molecule has 1 aliphatic rings. The van der Waals surface area contributed by atoms with E-state index in [0.29, 0.717) is 48.3 Å². The molecule has 162 valence electrons. The highest BCUT2D eigenvalue weighted by Gasteiger charge is 2.35. The maximum Gasteiger partial charge on any atom is 0.246 e. The highest BCUT2D eigenvalue weighted by atomic mass is 35.5. The van der Waals surface area contributed by atoms with Gasteiger partial charge in [0.15, 0.2) is 0 Å². The van der Waals surface area contributed by atoms with E-state index in [1.807, 2.05) is 31.2 Å². The van der Waals surface area contributed by atoms with E-state index in [9.17, 15) is 13.2 Å². The number of amides is 1. The summed E-state index contributed by atoms with van der Waals surface area (Å²) in [5.41, 5.74) is 1.44. The molecule has 0 saturated carbocycles. The summed E-state index contributed by atoms with van der Waals surface area (Å²) in [6, 6.07) is 13.3. The van der Waals surface area contributed by atoms with Gasteiger partial charge >= 0.3 is 0 Å². The van der Waals surface area contributed by atoms with Crippen LogP contribution >= 0.6 is 23.2 Å². The molecule has 0 unspecified atom stereocenters. The van der Waals surface area contributed by atoms with Gasteiger partial charge in [-0.15, -0.1) is 0 Å². The topological polar surface area (TPSA) is 60.9 Å². The Morgan fingerprint density at radius 1 is 1.03 bits per heavy atom. The van der Waals surface area contributed by atoms with Crippen molar-refractivity contribution in [2.75, 3.05) is 41.6 Å². The normalized spacial score (nSPS) is 15.7. The number of sulfonamides is 1. The number of carbonyl (C=O) groups is 1. The van der Waals surface area contributed by atoms with E-state index in [1.165, 1.54) is 4.31 Å². The Bertz CT molecular complexity index is 991. The molecule has 1 heterocycles. The predicted octanol–water partition coefficient (Wildman–Crippen LogP) is 3.89. The molecular weight excluding hydrogens is 445 g/mol. The molecule has 9 heteroatoms. The first-order valence-electron chi connectivity index (χ1n) is 9.75. The number of anilines is 2. The van der Waals surface area contributed by atoms with Gasteiger partial charge in [0.25, 0.3) is 0 Å². The van der Waals surface area contributed by atoms with Crippen molar-refractivity contribution < 1.29 is 13.2 Å². The molecule has 1 fully saturated rings. The Morgan fingerprint density at radius 2 is 1.67 bits per heavy atom. The van der Waals surface area contributed by atoms with Crippen molar-refractivity contribution in [3.8, 4) is 0 Å². The summed E-state index contributed by atoms with van der Waals surface area (Å²) >= 11 is 12.0. The summed E-state index contributed by atoms with van der Waals surface area (Å²) in [6.45, 7) is 4.16. The van der Waals surface area contributed by atoms with Gasteiger partial charge in [-0.3, -0.25) is 9.10 Å². The largest absolute Gasteiger partial charge is 0.368 e. The SMILES string of the molecule is CC[C@H](C(=O)N1CCN(c2cccc(Cl)c2)CC1)N(c1ccc(Cl)cc1)S(C)(=O)=O. The molecule has 2 aromatic rings. The molecule has 0 aromatic heterocycles. The van der Waals surface area contributed by atoms with Crippen LogP contribution in [0.1, 0.15) is 13.3 Å². The van der Waals surface area contributed by atoms with Gasteiger partial charge in [0.2, 0.25) is 15.9 Å². The molecule has 3 rings (SSSR count). The van der Waals surface area contributed by atoms with Gasteiger partial charge in [0, 0.05) is 41.9 Å². The molecule has 6 nitrogen and oxygen atoms in total. The van der Waals surface area contributed by atoms with E-state index >= 15 is 0 Å². The number of hydrogen-bond acceptors (Lipinski definition) is 4. The fourth-order valence-electron chi connectivity index (χ4n) is 3.70. The summed E-state index contributed by atoms with van der Waals surface area (Å²) in [4.78, 5) is 17.2. The highest BCUT2D eigenvalue weighted by Crippen LogP contribution is 2.26. The van der Waals surface area contributed by atoms with Crippen LogP contribution in [0.3, 0.4) is 0 Å². The molecular formula is C21H25Cl2N3O3S. The zero-order valence-corrected chi connectivity index (χ0v) is 19.3. The van der Waals surface area contributed by atoms with Crippen molar-refractivity contribution in [3.63, 3.8) is 0 Å². The van der Waals surface area contributed by atoms with Crippen molar-refractivity contribution in [1.82, 2.24) is 4.90 Å². The van der Waals surface area contributed by atoms with Crippen LogP contribution in [-0.2, 0) is 14.8 Å². The van der Waals surface area contributed by atoms with E-state index in [2.05, 4.69) is 4.90 Å². The number of rotatable bonds is 6. The Morgan fingerprint density at radius 3 is 2.20 bits per heavy atom. The van der Waals surface area contributed by atoms with E-state index in [1.54, 1.807) is 29.2 Å². The molecule has 1 atom stereocenters. The van der Waals surface area contributed by atoms with Crippen molar-refractivity contribution in [3.05, 3.63) is 58.6 Å². The van der Waals surface area contributed by atoms with Gasteiger partial charge in [-0.05, 0) is 48.9 Å². The lowest BCUT2D eigenvalue weighted by molar-refractivity contribution is -0.132. The molecule has 0 aliphatic carbocycles. The molecule has 30 heavy (non-hydrogen) atoms.